The first-order valence-electron chi connectivity index (χ1n) is 5.86. The molecular formula is C13H18N2O2. The number of carbonyl (C=O) groups is 1. The van der Waals surface area contributed by atoms with E-state index < -0.39 is 0 Å². The van der Waals surface area contributed by atoms with Gasteiger partial charge >= 0.3 is 0 Å². The van der Waals surface area contributed by atoms with Crippen LogP contribution in [-0.2, 0) is 9.53 Å². The first kappa shape index (κ1) is 12.1. The molecule has 92 valence electrons. The Labute approximate surface area is 101 Å². The molecule has 1 unspecified atom stereocenters. The molecule has 1 saturated heterocycles. The Morgan fingerprint density at radius 1 is 1.41 bits per heavy atom. The molecule has 0 aromatic heterocycles. The van der Waals surface area contributed by atoms with Crippen molar-refractivity contribution in [2.24, 2.45) is 5.73 Å². The Hall–Kier alpha value is -1.39. The van der Waals surface area contributed by atoms with Crippen molar-refractivity contribution in [2.45, 2.75) is 13.0 Å². The second kappa shape index (κ2) is 5.29. The third-order valence-corrected chi connectivity index (χ3v) is 3.00. The van der Waals surface area contributed by atoms with Crippen LogP contribution in [0.3, 0.4) is 0 Å². The molecule has 4 heteroatoms. The van der Waals surface area contributed by atoms with E-state index in [0.717, 1.165) is 5.56 Å². The smallest absolute Gasteiger partial charge is 0.248 e. The van der Waals surface area contributed by atoms with Gasteiger partial charge in [0.2, 0.25) is 5.91 Å². The zero-order chi connectivity index (χ0) is 12.3. The maximum absolute atomic E-state index is 11.6. The van der Waals surface area contributed by atoms with E-state index in [-0.39, 0.29) is 18.6 Å². The van der Waals surface area contributed by atoms with E-state index in [9.17, 15) is 4.79 Å². The zero-order valence-corrected chi connectivity index (χ0v) is 10.1. The Balaban J connectivity index is 2.07. The summed E-state index contributed by atoms with van der Waals surface area (Å²) in [7, 11) is 0. The lowest BCUT2D eigenvalue weighted by atomic mass is 10.1. The zero-order valence-electron chi connectivity index (χ0n) is 10.1. The molecule has 1 atom stereocenters. The summed E-state index contributed by atoms with van der Waals surface area (Å²) in [6.07, 6.45) is -0.0279. The van der Waals surface area contributed by atoms with Crippen LogP contribution in [0, 0.1) is 6.92 Å². The third kappa shape index (κ3) is 2.84. The summed E-state index contributed by atoms with van der Waals surface area (Å²) >= 11 is 0. The summed E-state index contributed by atoms with van der Waals surface area (Å²) in [4.78, 5) is 13.3. The fourth-order valence-electron chi connectivity index (χ4n) is 1.97. The van der Waals surface area contributed by atoms with Gasteiger partial charge in [0, 0.05) is 13.1 Å². The minimum absolute atomic E-state index is 0.0267. The fourth-order valence-corrected chi connectivity index (χ4v) is 1.97. The number of hydrogen-bond acceptors (Lipinski definition) is 3. The van der Waals surface area contributed by atoms with Crippen LogP contribution < -0.4 is 5.73 Å². The lowest BCUT2D eigenvalue weighted by Gasteiger charge is -2.32. The van der Waals surface area contributed by atoms with E-state index in [2.05, 4.69) is 31.2 Å². The van der Waals surface area contributed by atoms with Gasteiger partial charge < -0.3 is 15.4 Å². The molecule has 2 N–H and O–H groups in total. The SMILES string of the molecule is Cc1ccc(C2CN(CCN)C(=O)CO2)cc1. The average molecular weight is 234 g/mol. The van der Waals surface area contributed by atoms with Crippen molar-refractivity contribution in [1.29, 1.82) is 0 Å². The number of nitrogens with zero attached hydrogens (tertiary/aromatic N) is 1. The van der Waals surface area contributed by atoms with E-state index in [0.29, 0.717) is 19.6 Å². The molecule has 0 saturated carbocycles. The van der Waals surface area contributed by atoms with E-state index in [1.54, 1.807) is 4.90 Å². The van der Waals surface area contributed by atoms with Gasteiger partial charge in [0.25, 0.3) is 0 Å². The molecule has 1 aliphatic heterocycles. The van der Waals surface area contributed by atoms with Crippen molar-refractivity contribution in [3.8, 4) is 0 Å². The van der Waals surface area contributed by atoms with Crippen molar-refractivity contribution < 1.29 is 9.53 Å². The van der Waals surface area contributed by atoms with Gasteiger partial charge in [-0.05, 0) is 12.5 Å². The number of amides is 1. The van der Waals surface area contributed by atoms with Gasteiger partial charge in [-0.2, -0.15) is 0 Å². The van der Waals surface area contributed by atoms with Gasteiger partial charge in [-0.3, -0.25) is 4.79 Å². The molecule has 2 rings (SSSR count). The average Bonchev–Trinajstić information content (AvgIpc) is 2.33. The molecule has 17 heavy (non-hydrogen) atoms. The Bertz CT molecular complexity index is 389. The van der Waals surface area contributed by atoms with Crippen LogP contribution in [0.2, 0.25) is 0 Å². The number of carbonyl (C=O) groups excluding carboxylic acids is 1. The van der Waals surface area contributed by atoms with E-state index >= 15 is 0 Å². The van der Waals surface area contributed by atoms with Crippen LogP contribution >= 0.6 is 0 Å². The first-order chi connectivity index (χ1) is 8.20. The summed E-state index contributed by atoms with van der Waals surface area (Å²) in [6.45, 7) is 3.89. The standard InChI is InChI=1S/C13H18N2O2/c1-10-2-4-11(5-3-10)12-8-15(7-6-14)13(16)9-17-12/h2-5,12H,6-9,14H2,1H3. The molecular weight excluding hydrogens is 216 g/mol. The molecule has 1 aliphatic rings. The second-order valence-electron chi connectivity index (χ2n) is 4.34. The molecule has 0 spiro atoms. The number of benzene rings is 1. The van der Waals surface area contributed by atoms with Gasteiger partial charge in [-0.15, -0.1) is 0 Å². The van der Waals surface area contributed by atoms with Crippen molar-refractivity contribution in [3.05, 3.63) is 35.4 Å². The highest BCUT2D eigenvalue weighted by Gasteiger charge is 2.26. The minimum atomic E-state index is -0.0279. The Morgan fingerprint density at radius 3 is 2.76 bits per heavy atom. The topological polar surface area (TPSA) is 55.6 Å². The summed E-state index contributed by atoms with van der Waals surface area (Å²) in [5.74, 6) is 0.0267. The van der Waals surface area contributed by atoms with Crippen molar-refractivity contribution in [3.63, 3.8) is 0 Å². The van der Waals surface area contributed by atoms with E-state index in [1.807, 2.05) is 0 Å². The largest absolute Gasteiger partial charge is 0.362 e. The van der Waals surface area contributed by atoms with Gasteiger partial charge in [-0.1, -0.05) is 29.8 Å². The predicted octanol–water partition coefficient (Wildman–Crippen LogP) is 0.854. The van der Waals surface area contributed by atoms with Gasteiger partial charge in [0.1, 0.15) is 12.7 Å². The number of morpholine rings is 1. The number of nitrogens with two attached hydrogens (primary N) is 1. The normalized spacial score (nSPS) is 20.7. The fraction of sp³-hybridized carbons (Fsp3) is 0.462. The number of ether oxygens (including phenoxy) is 1. The van der Waals surface area contributed by atoms with Crippen LogP contribution in [0.15, 0.2) is 24.3 Å². The quantitative estimate of drug-likeness (QED) is 0.843. The van der Waals surface area contributed by atoms with Crippen LogP contribution in [-0.4, -0.2) is 37.0 Å². The van der Waals surface area contributed by atoms with Gasteiger partial charge in [0.15, 0.2) is 0 Å². The molecule has 1 amide bonds. The third-order valence-electron chi connectivity index (χ3n) is 3.00. The number of aryl methyl sites for hydroxylation is 1. The van der Waals surface area contributed by atoms with Crippen molar-refractivity contribution in [2.75, 3.05) is 26.2 Å². The highest BCUT2D eigenvalue weighted by Crippen LogP contribution is 2.22. The van der Waals surface area contributed by atoms with Gasteiger partial charge in [0.05, 0.1) is 6.54 Å². The first-order valence-corrected chi connectivity index (χ1v) is 5.86. The molecule has 4 nitrogen and oxygen atoms in total. The maximum atomic E-state index is 11.6. The Kier molecular flexibility index (Phi) is 3.76. The van der Waals surface area contributed by atoms with Crippen LogP contribution in [0.5, 0.6) is 0 Å². The molecule has 0 radical (unpaired) electrons. The lowest BCUT2D eigenvalue weighted by molar-refractivity contribution is -0.149. The van der Waals surface area contributed by atoms with E-state index in [4.69, 9.17) is 10.5 Å². The van der Waals surface area contributed by atoms with Gasteiger partial charge in [-0.25, -0.2) is 0 Å². The lowest BCUT2D eigenvalue weighted by Crippen LogP contribution is -2.45. The summed E-state index contributed by atoms with van der Waals surface area (Å²) in [5, 5.41) is 0. The number of hydrogen-bond donors (Lipinski definition) is 1. The minimum Gasteiger partial charge on any atom is -0.362 e. The van der Waals surface area contributed by atoms with Crippen LogP contribution in [0.25, 0.3) is 0 Å². The molecule has 1 heterocycles. The molecule has 1 fully saturated rings. The molecule has 0 bridgehead atoms. The highest BCUT2D eigenvalue weighted by atomic mass is 16.5. The molecule has 0 aliphatic carbocycles. The predicted molar refractivity (Wildman–Crippen MR) is 65.5 cm³/mol. The van der Waals surface area contributed by atoms with E-state index in [1.165, 1.54) is 5.56 Å². The summed E-state index contributed by atoms with van der Waals surface area (Å²) in [5.41, 5.74) is 7.83. The Morgan fingerprint density at radius 2 is 2.12 bits per heavy atom. The van der Waals surface area contributed by atoms with Crippen molar-refractivity contribution >= 4 is 5.91 Å². The van der Waals surface area contributed by atoms with Crippen LogP contribution in [0.4, 0.5) is 0 Å². The molecule has 1 aromatic carbocycles. The summed E-state index contributed by atoms with van der Waals surface area (Å²) < 4.78 is 5.56. The monoisotopic (exact) mass is 234 g/mol. The van der Waals surface area contributed by atoms with Crippen LogP contribution in [0.1, 0.15) is 17.2 Å². The highest BCUT2D eigenvalue weighted by molar-refractivity contribution is 5.78. The number of rotatable bonds is 3. The molecule has 1 aromatic rings. The second-order valence-corrected chi connectivity index (χ2v) is 4.34. The summed E-state index contributed by atoms with van der Waals surface area (Å²) in [6, 6.07) is 8.22. The maximum Gasteiger partial charge on any atom is 0.248 e. The van der Waals surface area contributed by atoms with Crippen molar-refractivity contribution in [1.82, 2.24) is 4.90 Å².